The summed E-state index contributed by atoms with van der Waals surface area (Å²) in [6.07, 6.45) is -5.16. The zero-order valence-corrected chi connectivity index (χ0v) is 16.3. The van der Waals surface area contributed by atoms with Crippen LogP contribution in [0.5, 0.6) is 5.75 Å². The first-order valence-corrected chi connectivity index (χ1v) is 8.72. The zero-order valence-electron chi connectivity index (χ0n) is 16.3. The van der Waals surface area contributed by atoms with Crippen molar-refractivity contribution in [3.63, 3.8) is 0 Å². The predicted octanol–water partition coefficient (Wildman–Crippen LogP) is 4.21. The number of aromatic nitrogens is 1. The van der Waals surface area contributed by atoms with E-state index < -0.39 is 35.9 Å². The minimum Gasteiger partial charge on any atom is -0.496 e. The van der Waals surface area contributed by atoms with Crippen molar-refractivity contribution in [3.8, 4) is 17.6 Å². The number of nitrogens with zero attached hydrogens (tertiary/aromatic N) is 1. The number of alkyl halides is 3. The summed E-state index contributed by atoms with van der Waals surface area (Å²) in [4.78, 5) is 3.81. The number of hydrogen-bond donors (Lipinski definition) is 2. The van der Waals surface area contributed by atoms with Crippen molar-refractivity contribution in [2.45, 2.75) is 43.9 Å². The molecule has 0 bridgehead atoms. The Bertz CT molecular complexity index is 932. The Hall–Kier alpha value is -2.79. The Morgan fingerprint density at radius 3 is 2.48 bits per heavy atom. The normalized spacial score (nSPS) is 13.9. The maximum Gasteiger partial charge on any atom is 0.418 e. The molecule has 2 rings (SSSR count). The van der Waals surface area contributed by atoms with E-state index >= 15 is 0 Å². The molecular weight excluding hydrogens is 388 g/mol. The van der Waals surface area contributed by atoms with Crippen molar-refractivity contribution < 1.29 is 27.4 Å². The lowest BCUT2D eigenvalue weighted by Gasteiger charge is -2.37. The summed E-state index contributed by atoms with van der Waals surface area (Å²) in [5.74, 6) is 4.57. The van der Waals surface area contributed by atoms with Crippen molar-refractivity contribution in [1.29, 1.82) is 0 Å². The predicted molar refractivity (Wildman–Crippen MR) is 102 cm³/mol. The van der Waals surface area contributed by atoms with Gasteiger partial charge < -0.3 is 15.6 Å². The molecule has 1 atom stereocenters. The lowest BCUT2D eigenvalue weighted by molar-refractivity contribution is -0.264. The smallest absolute Gasteiger partial charge is 0.418 e. The fraction of sp³-hybridized carbons (Fsp3) is 0.381. The van der Waals surface area contributed by atoms with Crippen LogP contribution in [0.3, 0.4) is 0 Å². The van der Waals surface area contributed by atoms with Crippen molar-refractivity contribution in [2.24, 2.45) is 0 Å². The highest BCUT2D eigenvalue weighted by Crippen LogP contribution is 2.45. The molecule has 0 aliphatic heterocycles. The molecule has 8 heteroatoms. The van der Waals surface area contributed by atoms with Crippen LogP contribution >= 0.6 is 0 Å². The molecule has 1 unspecified atom stereocenters. The Labute approximate surface area is 166 Å². The van der Waals surface area contributed by atoms with Gasteiger partial charge in [-0.1, -0.05) is 25.7 Å². The van der Waals surface area contributed by atoms with Gasteiger partial charge in [0.1, 0.15) is 17.4 Å². The topological polar surface area (TPSA) is 68.4 Å². The van der Waals surface area contributed by atoms with E-state index in [1.54, 1.807) is 6.07 Å². The molecule has 0 saturated carbocycles. The highest BCUT2D eigenvalue weighted by molar-refractivity contribution is 5.50. The number of benzene rings is 1. The van der Waals surface area contributed by atoms with Crippen molar-refractivity contribution >= 4 is 5.82 Å². The fourth-order valence-corrected chi connectivity index (χ4v) is 3.11. The molecular formula is C21H22F4N2O2. The summed E-state index contributed by atoms with van der Waals surface area (Å²) in [5.41, 5.74) is 1.72. The lowest BCUT2D eigenvalue weighted by atomic mass is 9.73. The SMILES string of the molecule is COc1ccc(F)cc1C(C)(C)CC(O)(CC#Cc1cccnc1N)C(F)(F)F. The molecule has 1 heterocycles. The van der Waals surface area contributed by atoms with Crippen LogP contribution in [0.1, 0.15) is 37.8 Å². The van der Waals surface area contributed by atoms with Crippen LogP contribution in [0.25, 0.3) is 0 Å². The van der Waals surface area contributed by atoms with E-state index in [1.807, 2.05) is 0 Å². The van der Waals surface area contributed by atoms with Gasteiger partial charge in [-0.15, -0.1) is 0 Å². The van der Waals surface area contributed by atoms with Gasteiger partial charge in [0.25, 0.3) is 0 Å². The van der Waals surface area contributed by atoms with Crippen LogP contribution in [-0.2, 0) is 5.41 Å². The summed E-state index contributed by atoms with van der Waals surface area (Å²) in [6.45, 7) is 2.96. The van der Waals surface area contributed by atoms with Crippen LogP contribution in [-0.4, -0.2) is 29.0 Å². The van der Waals surface area contributed by atoms with Gasteiger partial charge in [0.15, 0.2) is 5.60 Å². The second-order valence-electron chi connectivity index (χ2n) is 7.35. The Kier molecular flexibility index (Phi) is 6.43. The van der Waals surface area contributed by atoms with Crippen LogP contribution in [0.4, 0.5) is 23.4 Å². The maximum absolute atomic E-state index is 13.8. The second-order valence-corrected chi connectivity index (χ2v) is 7.35. The molecule has 0 aliphatic rings. The first-order valence-electron chi connectivity index (χ1n) is 8.72. The Morgan fingerprint density at radius 1 is 1.21 bits per heavy atom. The molecule has 0 spiro atoms. The molecule has 1 aromatic heterocycles. The van der Waals surface area contributed by atoms with Crippen molar-refractivity contribution in [1.82, 2.24) is 4.98 Å². The third-order valence-corrected chi connectivity index (χ3v) is 4.60. The van der Waals surface area contributed by atoms with Gasteiger partial charge in [0.2, 0.25) is 0 Å². The summed E-state index contributed by atoms with van der Waals surface area (Å²) in [5, 5.41) is 10.5. The number of halogens is 4. The van der Waals surface area contributed by atoms with Crippen molar-refractivity contribution in [2.75, 3.05) is 12.8 Å². The highest BCUT2D eigenvalue weighted by atomic mass is 19.4. The third-order valence-electron chi connectivity index (χ3n) is 4.60. The van der Waals surface area contributed by atoms with E-state index in [2.05, 4.69) is 16.8 Å². The molecule has 0 fully saturated rings. The Balaban J connectivity index is 2.38. The largest absolute Gasteiger partial charge is 0.496 e. The summed E-state index contributed by atoms with van der Waals surface area (Å²) >= 11 is 0. The van der Waals surface area contributed by atoms with Crippen LogP contribution < -0.4 is 10.5 Å². The average molecular weight is 410 g/mol. The molecule has 1 aromatic carbocycles. The molecule has 0 radical (unpaired) electrons. The molecule has 0 saturated heterocycles. The van der Waals surface area contributed by atoms with E-state index in [1.165, 1.54) is 39.3 Å². The number of pyridine rings is 1. The zero-order chi connectivity index (χ0) is 21.9. The summed E-state index contributed by atoms with van der Waals surface area (Å²) < 4.78 is 60.2. The number of hydrogen-bond acceptors (Lipinski definition) is 4. The van der Waals surface area contributed by atoms with Gasteiger partial charge in [0, 0.05) is 18.2 Å². The molecule has 29 heavy (non-hydrogen) atoms. The number of rotatable bonds is 5. The molecule has 0 amide bonds. The lowest BCUT2D eigenvalue weighted by Crippen LogP contribution is -2.49. The quantitative estimate of drug-likeness (QED) is 0.572. The minimum atomic E-state index is -4.96. The standard InChI is InChI=1S/C21H22F4N2O2/c1-19(2,16-12-15(22)8-9-17(16)29-3)13-20(28,21(23,24)25)10-4-6-14-7-5-11-27-18(14)26/h5,7-9,11-12,28H,10,13H2,1-3H3,(H2,26,27). The number of methoxy groups -OCH3 is 1. The summed E-state index contributed by atoms with van der Waals surface area (Å²) in [7, 11) is 1.34. The van der Waals surface area contributed by atoms with E-state index in [4.69, 9.17) is 10.5 Å². The minimum absolute atomic E-state index is 0.0837. The monoisotopic (exact) mass is 410 g/mol. The van der Waals surface area contributed by atoms with Gasteiger partial charge in [-0.3, -0.25) is 0 Å². The average Bonchev–Trinajstić information content (AvgIpc) is 2.62. The Morgan fingerprint density at radius 2 is 1.90 bits per heavy atom. The second kappa shape index (κ2) is 8.29. The number of nitrogen functional groups attached to an aromatic ring is 1. The fourth-order valence-electron chi connectivity index (χ4n) is 3.11. The number of anilines is 1. The van der Waals surface area contributed by atoms with E-state index in [-0.39, 0.29) is 22.7 Å². The first kappa shape index (κ1) is 22.5. The van der Waals surface area contributed by atoms with Crippen molar-refractivity contribution in [3.05, 3.63) is 53.5 Å². The van der Waals surface area contributed by atoms with Gasteiger partial charge >= 0.3 is 6.18 Å². The molecule has 2 aromatic rings. The van der Waals surface area contributed by atoms with Gasteiger partial charge in [-0.2, -0.15) is 13.2 Å². The maximum atomic E-state index is 13.8. The first-order chi connectivity index (χ1) is 13.4. The van der Waals surface area contributed by atoms with E-state index in [0.29, 0.717) is 0 Å². The van der Waals surface area contributed by atoms with Gasteiger partial charge in [0.05, 0.1) is 12.7 Å². The van der Waals surface area contributed by atoms with Crippen LogP contribution in [0.2, 0.25) is 0 Å². The summed E-state index contributed by atoms with van der Waals surface area (Å²) in [6, 6.07) is 6.67. The molecule has 0 aliphatic carbocycles. The number of nitrogens with two attached hydrogens (primary N) is 1. The number of ether oxygens (including phenoxy) is 1. The molecule has 4 nitrogen and oxygen atoms in total. The molecule has 3 N–H and O–H groups in total. The van der Waals surface area contributed by atoms with Gasteiger partial charge in [-0.25, -0.2) is 9.37 Å². The van der Waals surface area contributed by atoms with E-state index in [9.17, 15) is 22.7 Å². The third kappa shape index (κ3) is 5.18. The van der Waals surface area contributed by atoms with Crippen LogP contribution in [0, 0.1) is 17.7 Å². The van der Waals surface area contributed by atoms with Gasteiger partial charge in [-0.05, 0) is 42.2 Å². The molecule has 156 valence electrons. The highest BCUT2D eigenvalue weighted by Gasteiger charge is 2.55. The van der Waals surface area contributed by atoms with E-state index in [0.717, 1.165) is 12.1 Å². The number of aliphatic hydroxyl groups is 1. The van der Waals surface area contributed by atoms with Crippen LogP contribution in [0.15, 0.2) is 36.5 Å².